The zero-order valence-electron chi connectivity index (χ0n) is 8.26. The number of hydroxylamine groups is 2. The van der Waals surface area contributed by atoms with Crippen molar-refractivity contribution in [3.05, 3.63) is 11.6 Å². The van der Waals surface area contributed by atoms with Gasteiger partial charge in [0.25, 0.3) is 0 Å². The Balaban J connectivity index is 3.92. The Morgan fingerprint density at radius 2 is 2.08 bits per heavy atom. The molecule has 0 aliphatic heterocycles. The summed E-state index contributed by atoms with van der Waals surface area (Å²) in [5.74, 6) is -0.270. The van der Waals surface area contributed by atoms with Crippen molar-refractivity contribution < 1.29 is 9.63 Å². The average Bonchev–Trinajstić information content (AvgIpc) is 1.98. The van der Waals surface area contributed by atoms with Gasteiger partial charge in [0.15, 0.2) is 0 Å². The van der Waals surface area contributed by atoms with Crippen LogP contribution in [0.25, 0.3) is 0 Å². The van der Waals surface area contributed by atoms with Crippen molar-refractivity contribution >= 4 is 5.97 Å². The fourth-order valence-corrected chi connectivity index (χ4v) is 0.682. The topological polar surface area (TPSA) is 29.5 Å². The number of hydrogen-bond acceptors (Lipinski definition) is 3. The molecule has 0 saturated carbocycles. The van der Waals surface area contributed by atoms with Crippen molar-refractivity contribution in [3.8, 4) is 0 Å². The largest absolute Gasteiger partial charge is 0.365 e. The molecule has 0 atom stereocenters. The van der Waals surface area contributed by atoms with E-state index in [1.807, 2.05) is 6.08 Å². The van der Waals surface area contributed by atoms with Crippen LogP contribution in [0.1, 0.15) is 26.7 Å². The first-order chi connectivity index (χ1) is 5.57. The van der Waals surface area contributed by atoms with Gasteiger partial charge in [-0.05, 0) is 13.3 Å². The van der Waals surface area contributed by atoms with E-state index in [-0.39, 0.29) is 5.97 Å². The van der Waals surface area contributed by atoms with E-state index < -0.39 is 0 Å². The lowest BCUT2D eigenvalue weighted by Gasteiger charge is -2.09. The van der Waals surface area contributed by atoms with Gasteiger partial charge in [-0.1, -0.05) is 19.4 Å². The van der Waals surface area contributed by atoms with E-state index in [1.165, 1.54) is 5.06 Å². The predicted octanol–water partition coefficient (Wildman–Crippen LogP) is 1.75. The summed E-state index contributed by atoms with van der Waals surface area (Å²) in [7, 11) is 3.37. The molecule has 0 spiro atoms. The van der Waals surface area contributed by atoms with Crippen LogP contribution in [0.5, 0.6) is 0 Å². The van der Waals surface area contributed by atoms with Crippen LogP contribution in [-0.2, 0) is 9.63 Å². The van der Waals surface area contributed by atoms with Gasteiger partial charge < -0.3 is 4.84 Å². The van der Waals surface area contributed by atoms with Crippen molar-refractivity contribution in [1.29, 1.82) is 0 Å². The zero-order chi connectivity index (χ0) is 9.56. The molecule has 0 aromatic rings. The minimum Gasteiger partial charge on any atom is -0.365 e. The second-order valence-corrected chi connectivity index (χ2v) is 2.87. The molecule has 0 aliphatic carbocycles. The Morgan fingerprint density at radius 3 is 2.50 bits per heavy atom. The van der Waals surface area contributed by atoms with Gasteiger partial charge in [-0.3, -0.25) is 0 Å². The van der Waals surface area contributed by atoms with Crippen LogP contribution >= 0.6 is 0 Å². The van der Waals surface area contributed by atoms with Crippen LogP contribution < -0.4 is 0 Å². The molecule has 0 rings (SSSR count). The number of unbranched alkanes of at least 4 members (excludes halogenated alkanes) is 1. The molecule has 0 aliphatic rings. The van der Waals surface area contributed by atoms with Crippen LogP contribution in [0, 0.1) is 0 Å². The Bertz CT molecular complexity index is 173. The molecule has 0 fully saturated rings. The smallest absolute Gasteiger partial charge is 0.352 e. The highest BCUT2D eigenvalue weighted by atomic mass is 16.7. The summed E-state index contributed by atoms with van der Waals surface area (Å²) in [5.41, 5.74) is 0.672. The number of carbonyl (C=O) groups is 1. The Kier molecular flexibility index (Phi) is 5.37. The van der Waals surface area contributed by atoms with Crippen LogP contribution in [-0.4, -0.2) is 25.1 Å². The summed E-state index contributed by atoms with van der Waals surface area (Å²) in [6.07, 6.45) is 3.87. The first-order valence-electron chi connectivity index (χ1n) is 4.14. The third kappa shape index (κ3) is 4.91. The molecular weight excluding hydrogens is 154 g/mol. The number of hydrogen-bond donors (Lipinski definition) is 0. The van der Waals surface area contributed by atoms with Gasteiger partial charge in [0.2, 0.25) is 0 Å². The van der Waals surface area contributed by atoms with Gasteiger partial charge in [0, 0.05) is 19.7 Å². The molecule has 12 heavy (non-hydrogen) atoms. The minimum absolute atomic E-state index is 0.270. The van der Waals surface area contributed by atoms with Crippen molar-refractivity contribution in [1.82, 2.24) is 5.06 Å². The maximum absolute atomic E-state index is 11.1. The molecule has 0 saturated heterocycles. The third-order valence-corrected chi connectivity index (χ3v) is 1.33. The zero-order valence-corrected chi connectivity index (χ0v) is 8.26. The van der Waals surface area contributed by atoms with E-state index >= 15 is 0 Å². The molecule has 0 unspecified atom stereocenters. The normalized spacial score (nSPS) is 11.9. The van der Waals surface area contributed by atoms with Crippen molar-refractivity contribution in [2.24, 2.45) is 0 Å². The van der Waals surface area contributed by atoms with E-state index in [9.17, 15) is 4.79 Å². The summed E-state index contributed by atoms with van der Waals surface area (Å²) in [4.78, 5) is 16.0. The minimum atomic E-state index is -0.270. The maximum Gasteiger partial charge on any atom is 0.352 e. The summed E-state index contributed by atoms with van der Waals surface area (Å²) >= 11 is 0. The average molecular weight is 171 g/mol. The fourth-order valence-electron chi connectivity index (χ4n) is 0.682. The summed E-state index contributed by atoms with van der Waals surface area (Å²) in [5, 5.41) is 1.39. The molecule has 0 N–H and O–H groups in total. The maximum atomic E-state index is 11.1. The molecule has 0 bridgehead atoms. The van der Waals surface area contributed by atoms with E-state index in [0.717, 1.165) is 12.8 Å². The second kappa shape index (κ2) is 5.77. The van der Waals surface area contributed by atoms with E-state index in [1.54, 1.807) is 21.0 Å². The summed E-state index contributed by atoms with van der Waals surface area (Å²) < 4.78 is 0. The Labute approximate surface area is 74.0 Å². The van der Waals surface area contributed by atoms with Gasteiger partial charge in [-0.15, -0.1) is 5.06 Å². The highest BCUT2D eigenvalue weighted by Crippen LogP contribution is 2.00. The molecule has 0 amide bonds. The predicted molar refractivity (Wildman–Crippen MR) is 48.4 cm³/mol. The van der Waals surface area contributed by atoms with Crippen LogP contribution in [0.3, 0.4) is 0 Å². The number of nitrogens with zero attached hydrogens (tertiary/aromatic N) is 1. The van der Waals surface area contributed by atoms with E-state index in [0.29, 0.717) is 5.57 Å². The molecular formula is C9H17NO2. The van der Waals surface area contributed by atoms with Crippen molar-refractivity contribution in [3.63, 3.8) is 0 Å². The molecule has 0 aromatic carbocycles. The van der Waals surface area contributed by atoms with Crippen LogP contribution in [0.15, 0.2) is 11.6 Å². The van der Waals surface area contributed by atoms with Gasteiger partial charge in [-0.2, -0.15) is 0 Å². The standard InChI is InChI=1S/C9H17NO2/c1-5-6-7-8(2)9(11)12-10(3)4/h7H,5-6H2,1-4H3/b8-7+. The first kappa shape index (κ1) is 11.2. The monoisotopic (exact) mass is 171 g/mol. The molecule has 0 heterocycles. The fraction of sp³-hybridized carbons (Fsp3) is 0.667. The molecule has 0 aromatic heterocycles. The van der Waals surface area contributed by atoms with Gasteiger partial charge in [-0.25, -0.2) is 4.79 Å². The summed E-state index contributed by atoms with van der Waals surface area (Å²) in [6.45, 7) is 3.84. The molecule has 3 heteroatoms. The molecule has 70 valence electrons. The molecule has 3 nitrogen and oxygen atoms in total. The van der Waals surface area contributed by atoms with Gasteiger partial charge in [0.1, 0.15) is 0 Å². The third-order valence-electron chi connectivity index (χ3n) is 1.33. The van der Waals surface area contributed by atoms with E-state index in [4.69, 9.17) is 4.84 Å². The number of rotatable bonds is 4. The van der Waals surface area contributed by atoms with Gasteiger partial charge in [0.05, 0.1) is 0 Å². The summed E-state index contributed by atoms with van der Waals surface area (Å²) in [6, 6.07) is 0. The highest BCUT2D eigenvalue weighted by Gasteiger charge is 2.05. The SMILES string of the molecule is CCC/C=C(\C)C(=O)ON(C)C. The van der Waals surface area contributed by atoms with Crippen molar-refractivity contribution in [2.45, 2.75) is 26.7 Å². The van der Waals surface area contributed by atoms with E-state index in [2.05, 4.69) is 6.92 Å². The lowest BCUT2D eigenvalue weighted by molar-refractivity contribution is -0.172. The molecule has 0 radical (unpaired) electrons. The lowest BCUT2D eigenvalue weighted by Crippen LogP contribution is -2.18. The Morgan fingerprint density at radius 1 is 1.50 bits per heavy atom. The van der Waals surface area contributed by atoms with Crippen LogP contribution in [0.2, 0.25) is 0 Å². The van der Waals surface area contributed by atoms with Crippen LogP contribution in [0.4, 0.5) is 0 Å². The quantitative estimate of drug-likeness (QED) is 0.476. The Hall–Kier alpha value is -0.830. The number of carbonyl (C=O) groups excluding carboxylic acids is 1. The first-order valence-corrected chi connectivity index (χ1v) is 4.14. The van der Waals surface area contributed by atoms with Gasteiger partial charge >= 0.3 is 5.97 Å². The second-order valence-electron chi connectivity index (χ2n) is 2.87. The number of allylic oxidation sites excluding steroid dienone is 1. The lowest BCUT2D eigenvalue weighted by atomic mass is 10.2. The highest BCUT2D eigenvalue weighted by molar-refractivity contribution is 5.87. The van der Waals surface area contributed by atoms with Crippen molar-refractivity contribution in [2.75, 3.05) is 14.1 Å².